The molecule has 0 aromatic heterocycles. The predicted octanol–water partition coefficient (Wildman–Crippen LogP) is 3.56. The molecule has 0 bridgehead atoms. The molecular weight excluding hydrogens is 380 g/mol. The number of likely N-dealkylation sites (tertiary alicyclic amines) is 1. The summed E-state index contributed by atoms with van der Waals surface area (Å²) in [5.41, 5.74) is 2.36. The van der Waals surface area contributed by atoms with Gasteiger partial charge in [0.1, 0.15) is 0 Å². The molecule has 3 rings (SSSR count). The van der Waals surface area contributed by atoms with E-state index in [4.69, 9.17) is 14.2 Å². The number of phenols is 1. The number of piperidine rings is 1. The number of hydrogen-bond acceptors (Lipinski definition) is 6. The van der Waals surface area contributed by atoms with E-state index in [0.717, 1.165) is 49.7 Å². The first-order chi connectivity index (χ1) is 14.5. The zero-order valence-electron chi connectivity index (χ0n) is 18.6. The number of hydrogen-bond donors (Lipinski definition) is 1. The third kappa shape index (κ3) is 5.58. The summed E-state index contributed by atoms with van der Waals surface area (Å²) >= 11 is 0. The van der Waals surface area contributed by atoms with Crippen LogP contribution in [0.1, 0.15) is 24.0 Å². The second-order valence-corrected chi connectivity index (χ2v) is 7.96. The van der Waals surface area contributed by atoms with Crippen molar-refractivity contribution >= 4 is 0 Å². The highest BCUT2D eigenvalue weighted by molar-refractivity contribution is 5.43. The molecule has 0 amide bonds. The molecule has 1 saturated heterocycles. The molecule has 2 aromatic carbocycles. The monoisotopic (exact) mass is 414 g/mol. The van der Waals surface area contributed by atoms with E-state index in [9.17, 15) is 5.11 Å². The largest absolute Gasteiger partial charge is 0.504 e. The number of nitrogens with zero attached hydrogens (tertiary/aromatic N) is 2. The van der Waals surface area contributed by atoms with Crippen LogP contribution in [-0.4, -0.2) is 69.0 Å². The molecule has 1 N–H and O–H groups in total. The van der Waals surface area contributed by atoms with E-state index < -0.39 is 0 Å². The lowest BCUT2D eigenvalue weighted by atomic mass is 10.0. The van der Waals surface area contributed by atoms with Crippen LogP contribution in [0.2, 0.25) is 0 Å². The first-order valence-electron chi connectivity index (χ1n) is 10.5. The van der Waals surface area contributed by atoms with Gasteiger partial charge in [-0.3, -0.25) is 4.90 Å². The summed E-state index contributed by atoms with van der Waals surface area (Å²) < 4.78 is 15.9. The lowest BCUT2D eigenvalue weighted by Crippen LogP contribution is -2.46. The molecule has 0 saturated carbocycles. The fraction of sp³-hybridized carbons (Fsp3) is 0.500. The van der Waals surface area contributed by atoms with Crippen LogP contribution in [0.3, 0.4) is 0 Å². The van der Waals surface area contributed by atoms with Crippen LogP contribution >= 0.6 is 0 Å². The number of ether oxygens (including phenoxy) is 3. The second-order valence-electron chi connectivity index (χ2n) is 7.96. The summed E-state index contributed by atoms with van der Waals surface area (Å²) in [5.74, 6) is 2.27. The van der Waals surface area contributed by atoms with Gasteiger partial charge in [0, 0.05) is 25.7 Å². The Hall–Kier alpha value is -2.44. The maximum absolute atomic E-state index is 10.0. The summed E-state index contributed by atoms with van der Waals surface area (Å²) in [7, 11) is 7.12. The smallest absolute Gasteiger partial charge is 0.160 e. The van der Waals surface area contributed by atoms with Gasteiger partial charge in [-0.2, -0.15) is 0 Å². The second kappa shape index (κ2) is 10.5. The Balaban J connectivity index is 1.54. The first kappa shape index (κ1) is 22.2. The number of rotatable bonds is 9. The molecule has 1 atom stereocenters. The highest BCUT2D eigenvalue weighted by atomic mass is 16.5. The van der Waals surface area contributed by atoms with Crippen LogP contribution in [0.5, 0.6) is 23.0 Å². The summed E-state index contributed by atoms with van der Waals surface area (Å²) in [4.78, 5) is 4.94. The third-order valence-corrected chi connectivity index (χ3v) is 5.95. The Morgan fingerprint density at radius 3 is 2.37 bits per heavy atom. The standard InChI is InChI=1S/C24H34N2O4/c1-25(13-11-18-7-10-23(29-3)24(15-18)30-4)20-6-5-12-26(17-20)16-19-8-9-22(28-2)21(27)14-19/h7-10,14-15,20,27H,5-6,11-13,16-17H2,1-4H3. The van der Waals surface area contributed by atoms with Crippen molar-refractivity contribution in [3.63, 3.8) is 0 Å². The van der Waals surface area contributed by atoms with Gasteiger partial charge in [0.15, 0.2) is 23.0 Å². The molecule has 6 heteroatoms. The van der Waals surface area contributed by atoms with Gasteiger partial charge in [0.2, 0.25) is 0 Å². The Kier molecular flexibility index (Phi) is 7.82. The zero-order valence-corrected chi connectivity index (χ0v) is 18.6. The topological polar surface area (TPSA) is 54.4 Å². The Bertz CT molecular complexity index is 827. The van der Waals surface area contributed by atoms with Crippen LogP contribution < -0.4 is 14.2 Å². The van der Waals surface area contributed by atoms with E-state index >= 15 is 0 Å². The summed E-state index contributed by atoms with van der Waals surface area (Å²) in [6.07, 6.45) is 3.38. The Morgan fingerprint density at radius 1 is 0.967 bits per heavy atom. The van der Waals surface area contributed by atoms with Crippen molar-refractivity contribution in [2.75, 3.05) is 48.0 Å². The van der Waals surface area contributed by atoms with E-state index in [1.165, 1.54) is 18.4 Å². The molecule has 0 aliphatic carbocycles. The molecular formula is C24H34N2O4. The Labute approximate surface area is 180 Å². The molecule has 1 unspecified atom stereocenters. The quantitative estimate of drug-likeness (QED) is 0.677. The van der Waals surface area contributed by atoms with E-state index in [1.54, 1.807) is 21.3 Å². The fourth-order valence-corrected chi connectivity index (χ4v) is 4.15. The first-order valence-corrected chi connectivity index (χ1v) is 10.5. The Morgan fingerprint density at radius 2 is 1.67 bits per heavy atom. The van der Waals surface area contributed by atoms with Gasteiger partial charge in [-0.25, -0.2) is 0 Å². The number of benzene rings is 2. The highest BCUT2D eigenvalue weighted by Crippen LogP contribution is 2.29. The van der Waals surface area contributed by atoms with Crippen LogP contribution in [-0.2, 0) is 13.0 Å². The van der Waals surface area contributed by atoms with Gasteiger partial charge >= 0.3 is 0 Å². The molecule has 0 radical (unpaired) electrons. The van der Waals surface area contributed by atoms with Crippen LogP contribution in [0.25, 0.3) is 0 Å². The summed E-state index contributed by atoms with van der Waals surface area (Å²) in [6, 6.07) is 12.4. The van der Waals surface area contributed by atoms with Gasteiger partial charge in [0.25, 0.3) is 0 Å². The SMILES string of the molecule is COc1ccc(CN2CCCC(N(C)CCc3ccc(OC)c(OC)c3)C2)cc1O. The van der Waals surface area contributed by atoms with E-state index in [1.807, 2.05) is 24.3 Å². The number of likely N-dealkylation sites (N-methyl/N-ethyl adjacent to an activating group) is 1. The van der Waals surface area contributed by atoms with Gasteiger partial charge in [-0.05, 0) is 68.2 Å². The molecule has 0 spiro atoms. The van der Waals surface area contributed by atoms with Gasteiger partial charge in [-0.15, -0.1) is 0 Å². The lowest BCUT2D eigenvalue weighted by molar-refractivity contribution is 0.112. The van der Waals surface area contributed by atoms with E-state index in [2.05, 4.69) is 29.0 Å². The normalized spacial score (nSPS) is 17.2. The molecule has 1 aliphatic heterocycles. The average molecular weight is 415 g/mol. The number of aromatic hydroxyl groups is 1. The van der Waals surface area contributed by atoms with Gasteiger partial charge in [-0.1, -0.05) is 12.1 Å². The van der Waals surface area contributed by atoms with Crippen LogP contribution in [0.15, 0.2) is 36.4 Å². The maximum atomic E-state index is 10.0. The van der Waals surface area contributed by atoms with E-state index in [-0.39, 0.29) is 5.75 Å². The molecule has 164 valence electrons. The van der Waals surface area contributed by atoms with Crippen molar-refractivity contribution in [2.45, 2.75) is 31.8 Å². The molecule has 1 heterocycles. The maximum Gasteiger partial charge on any atom is 0.160 e. The molecule has 1 aliphatic rings. The minimum Gasteiger partial charge on any atom is -0.504 e. The number of phenolic OH excluding ortho intramolecular Hbond substituents is 1. The average Bonchev–Trinajstić information content (AvgIpc) is 2.77. The zero-order chi connectivity index (χ0) is 21.5. The van der Waals surface area contributed by atoms with Gasteiger partial charge < -0.3 is 24.2 Å². The minimum atomic E-state index is 0.204. The van der Waals surface area contributed by atoms with Crippen molar-refractivity contribution in [1.29, 1.82) is 0 Å². The van der Waals surface area contributed by atoms with Gasteiger partial charge in [0.05, 0.1) is 21.3 Å². The van der Waals surface area contributed by atoms with Crippen molar-refractivity contribution < 1.29 is 19.3 Å². The van der Waals surface area contributed by atoms with E-state index in [0.29, 0.717) is 11.8 Å². The van der Waals surface area contributed by atoms with Crippen LogP contribution in [0, 0.1) is 0 Å². The highest BCUT2D eigenvalue weighted by Gasteiger charge is 2.23. The molecule has 2 aromatic rings. The van der Waals surface area contributed by atoms with Crippen molar-refractivity contribution in [1.82, 2.24) is 9.80 Å². The number of methoxy groups -OCH3 is 3. The third-order valence-electron chi connectivity index (χ3n) is 5.95. The van der Waals surface area contributed by atoms with Crippen molar-refractivity contribution in [2.24, 2.45) is 0 Å². The molecule has 6 nitrogen and oxygen atoms in total. The fourth-order valence-electron chi connectivity index (χ4n) is 4.15. The minimum absolute atomic E-state index is 0.204. The molecule has 1 fully saturated rings. The van der Waals surface area contributed by atoms with Crippen molar-refractivity contribution in [3.8, 4) is 23.0 Å². The lowest BCUT2D eigenvalue weighted by Gasteiger charge is -2.37. The molecule has 30 heavy (non-hydrogen) atoms. The summed E-state index contributed by atoms with van der Waals surface area (Å²) in [6.45, 7) is 3.97. The predicted molar refractivity (Wildman–Crippen MR) is 119 cm³/mol. The van der Waals surface area contributed by atoms with Crippen LogP contribution in [0.4, 0.5) is 0 Å². The van der Waals surface area contributed by atoms with Crippen molar-refractivity contribution in [3.05, 3.63) is 47.5 Å². The summed E-state index contributed by atoms with van der Waals surface area (Å²) in [5, 5.41) is 10.0.